The monoisotopic (exact) mass is 248 g/mol. The number of aromatic nitrogens is 1. The first kappa shape index (κ1) is 11.1. The first-order chi connectivity index (χ1) is 8.33. The Morgan fingerprint density at radius 1 is 1.35 bits per heavy atom. The van der Waals surface area contributed by atoms with Crippen LogP contribution in [0.5, 0.6) is 0 Å². The third kappa shape index (κ3) is 2.33. The molecule has 2 aromatic rings. The zero-order valence-electron chi connectivity index (χ0n) is 9.66. The Labute approximate surface area is 106 Å². The molecule has 0 saturated carbocycles. The molecule has 1 radical (unpaired) electrons. The Balaban J connectivity index is 1.86. The van der Waals surface area contributed by atoms with Gasteiger partial charge < -0.3 is 9.30 Å². The Morgan fingerprint density at radius 3 is 3.00 bits per heavy atom. The fourth-order valence-corrected chi connectivity index (χ4v) is 2.61. The summed E-state index contributed by atoms with van der Waals surface area (Å²) in [7, 11) is 0. The highest BCUT2D eigenvalue weighted by molar-refractivity contribution is 6.31. The highest BCUT2D eigenvalue weighted by Gasteiger charge is 2.15. The lowest BCUT2D eigenvalue weighted by Gasteiger charge is -2.22. The van der Waals surface area contributed by atoms with E-state index in [1.54, 1.807) is 0 Å². The van der Waals surface area contributed by atoms with Crippen LogP contribution in [0.15, 0.2) is 24.4 Å². The van der Waals surface area contributed by atoms with E-state index in [1.807, 2.05) is 24.4 Å². The molecule has 0 amide bonds. The summed E-state index contributed by atoms with van der Waals surface area (Å²) < 4.78 is 7.65. The van der Waals surface area contributed by atoms with Gasteiger partial charge in [-0.2, -0.15) is 0 Å². The van der Waals surface area contributed by atoms with Crippen molar-refractivity contribution in [2.45, 2.75) is 19.4 Å². The van der Waals surface area contributed by atoms with Gasteiger partial charge >= 0.3 is 0 Å². The summed E-state index contributed by atoms with van der Waals surface area (Å²) in [6, 6.07) is 9.24. The Hall–Kier alpha value is -0.990. The van der Waals surface area contributed by atoms with Gasteiger partial charge in [-0.3, -0.25) is 0 Å². The Kier molecular flexibility index (Phi) is 3.08. The minimum atomic E-state index is 0.715. The molecule has 3 heteroatoms. The summed E-state index contributed by atoms with van der Waals surface area (Å²) in [5.41, 5.74) is 1.18. The van der Waals surface area contributed by atoms with E-state index >= 15 is 0 Å². The zero-order chi connectivity index (χ0) is 11.7. The van der Waals surface area contributed by atoms with Crippen LogP contribution in [-0.2, 0) is 11.3 Å². The van der Waals surface area contributed by atoms with Crippen molar-refractivity contribution in [3.63, 3.8) is 0 Å². The van der Waals surface area contributed by atoms with Crippen molar-refractivity contribution in [2.24, 2.45) is 5.92 Å². The van der Waals surface area contributed by atoms with Gasteiger partial charge in [0.05, 0.1) is 5.52 Å². The molecule has 1 saturated heterocycles. The van der Waals surface area contributed by atoms with E-state index in [9.17, 15) is 0 Å². The van der Waals surface area contributed by atoms with Crippen molar-refractivity contribution in [3.05, 3.63) is 35.5 Å². The van der Waals surface area contributed by atoms with Crippen molar-refractivity contribution in [2.75, 3.05) is 13.2 Å². The van der Waals surface area contributed by atoms with Crippen LogP contribution in [0, 0.1) is 12.0 Å². The molecule has 1 aliphatic rings. The van der Waals surface area contributed by atoms with Crippen molar-refractivity contribution in [3.8, 4) is 0 Å². The van der Waals surface area contributed by atoms with Gasteiger partial charge in [0, 0.05) is 42.4 Å². The molecule has 2 nitrogen and oxygen atoms in total. The summed E-state index contributed by atoms with van der Waals surface area (Å²) in [6.45, 7) is 2.84. The maximum absolute atomic E-state index is 6.04. The van der Waals surface area contributed by atoms with Crippen LogP contribution >= 0.6 is 11.6 Å². The molecule has 0 bridgehead atoms. The number of hydrogen-bond donors (Lipinski definition) is 0. The fourth-order valence-electron chi connectivity index (χ4n) is 2.44. The molecule has 3 rings (SSSR count). The van der Waals surface area contributed by atoms with Gasteiger partial charge in [-0.25, -0.2) is 0 Å². The lowest BCUT2D eigenvalue weighted by atomic mass is 10.0. The topological polar surface area (TPSA) is 14.2 Å². The van der Waals surface area contributed by atoms with Crippen LogP contribution in [0.3, 0.4) is 0 Å². The van der Waals surface area contributed by atoms with Crippen molar-refractivity contribution < 1.29 is 4.74 Å². The van der Waals surface area contributed by atoms with Crippen LogP contribution < -0.4 is 0 Å². The summed E-state index contributed by atoms with van der Waals surface area (Å²) in [4.78, 5) is 0. The van der Waals surface area contributed by atoms with Crippen LogP contribution in [0.4, 0.5) is 0 Å². The number of halogens is 1. The highest BCUT2D eigenvalue weighted by Crippen LogP contribution is 2.23. The van der Waals surface area contributed by atoms with Crippen molar-refractivity contribution in [1.82, 2.24) is 4.57 Å². The van der Waals surface area contributed by atoms with Crippen LogP contribution in [-0.4, -0.2) is 17.8 Å². The molecule has 1 fully saturated rings. The van der Waals surface area contributed by atoms with E-state index < -0.39 is 0 Å². The second-order valence-electron chi connectivity index (χ2n) is 4.64. The van der Waals surface area contributed by atoms with Gasteiger partial charge in [0.25, 0.3) is 0 Å². The van der Waals surface area contributed by atoms with Crippen LogP contribution in [0.25, 0.3) is 10.9 Å². The number of nitrogens with zero attached hydrogens (tertiary/aromatic N) is 1. The zero-order valence-corrected chi connectivity index (χ0v) is 10.4. The van der Waals surface area contributed by atoms with Crippen molar-refractivity contribution in [1.29, 1.82) is 0 Å². The number of ether oxygens (including phenoxy) is 1. The number of benzene rings is 1. The van der Waals surface area contributed by atoms with E-state index in [2.05, 4.69) is 10.6 Å². The molecule has 0 unspecified atom stereocenters. The normalized spacial score (nSPS) is 17.7. The number of hydrogen-bond acceptors (Lipinski definition) is 1. The van der Waals surface area contributed by atoms with Crippen LogP contribution in [0.2, 0.25) is 5.02 Å². The summed E-state index contributed by atoms with van der Waals surface area (Å²) in [5.74, 6) is 0.715. The molecule has 1 aromatic heterocycles. The molecule has 1 aromatic carbocycles. The minimum absolute atomic E-state index is 0.715. The molecule has 2 heterocycles. The van der Waals surface area contributed by atoms with Gasteiger partial charge in [0.2, 0.25) is 0 Å². The summed E-state index contributed by atoms with van der Waals surface area (Å²) in [5, 5.41) is 1.93. The second-order valence-corrected chi connectivity index (χ2v) is 5.08. The lowest BCUT2D eigenvalue weighted by molar-refractivity contribution is 0.0616. The Morgan fingerprint density at radius 2 is 2.18 bits per heavy atom. The summed E-state index contributed by atoms with van der Waals surface area (Å²) >= 11 is 6.04. The maximum atomic E-state index is 6.04. The molecule has 89 valence electrons. The van der Waals surface area contributed by atoms with E-state index in [1.165, 1.54) is 5.52 Å². The SMILES string of the molecule is Clc1ccc2[c]cn(CC3CCOCC3)c2c1. The predicted molar refractivity (Wildman–Crippen MR) is 69.3 cm³/mol. The Bertz CT molecular complexity index is 514. The predicted octanol–water partition coefficient (Wildman–Crippen LogP) is 3.52. The molecule has 0 N–H and O–H groups in total. The minimum Gasteiger partial charge on any atom is -0.381 e. The van der Waals surface area contributed by atoms with Gasteiger partial charge in [-0.15, -0.1) is 0 Å². The maximum Gasteiger partial charge on any atom is 0.0501 e. The average molecular weight is 249 g/mol. The molecule has 0 aliphatic carbocycles. The van der Waals surface area contributed by atoms with Crippen LogP contribution in [0.1, 0.15) is 12.8 Å². The smallest absolute Gasteiger partial charge is 0.0501 e. The van der Waals surface area contributed by atoms with Crippen molar-refractivity contribution >= 4 is 22.5 Å². The quantitative estimate of drug-likeness (QED) is 0.793. The highest BCUT2D eigenvalue weighted by atomic mass is 35.5. The molecule has 17 heavy (non-hydrogen) atoms. The number of rotatable bonds is 2. The lowest BCUT2D eigenvalue weighted by Crippen LogP contribution is -2.19. The summed E-state index contributed by atoms with van der Waals surface area (Å²) in [6.07, 6.45) is 4.34. The first-order valence-corrected chi connectivity index (χ1v) is 6.44. The third-order valence-electron chi connectivity index (χ3n) is 3.44. The first-order valence-electron chi connectivity index (χ1n) is 6.07. The van der Waals surface area contributed by atoms with Gasteiger partial charge in [0.1, 0.15) is 0 Å². The molecule has 0 spiro atoms. The molecule has 0 atom stereocenters. The van der Waals surface area contributed by atoms with Gasteiger partial charge in [0.15, 0.2) is 0 Å². The fraction of sp³-hybridized carbons (Fsp3) is 0.429. The standard InChI is InChI=1S/C14H15ClNO/c15-13-2-1-12-3-6-16(14(12)9-13)10-11-4-7-17-8-5-11/h1-2,6,9,11H,4-5,7-8,10H2. The molecular weight excluding hydrogens is 234 g/mol. The van der Waals surface area contributed by atoms with E-state index in [4.69, 9.17) is 16.3 Å². The third-order valence-corrected chi connectivity index (χ3v) is 3.68. The van der Waals surface area contributed by atoms with E-state index in [-0.39, 0.29) is 0 Å². The van der Waals surface area contributed by atoms with Gasteiger partial charge in [-0.05, 0) is 30.9 Å². The number of fused-ring (bicyclic) bond motifs is 1. The average Bonchev–Trinajstić information content (AvgIpc) is 2.73. The van der Waals surface area contributed by atoms with E-state index in [0.717, 1.165) is 43.0 Å². The van der Waals surface area contributed by atoms with Gasteiger partial charge in [-0.1, -0.05) is 17.7 Å². The second kappa shape index (κ2) is 4.71. The molecular formula is C14H15ClNO. The molecule has 1 aliphatic heterocycles. The van der Waals surface area contributed by atoms with E-state index in [0.29, 0.717) is 5.92 Å². The largest absolute Gasteiger partial charge is 0.381 e.